The van der Waals surface area contributed by atoms with Crippen LogP contribution in [0.25, 0.3) is 0 Å². The van der Waals surface area contributed by atoms with Gasteiger partial charge in [-0.3, -0.25) is 18.6 Å². The summed E-state index contributed by atoms with van der Waals surface area (Å²) in [6.45, 7) is 4.11. The second kappa shape index (κ2) is 36.8. The maximum absolute atomic E-state index is 12.5. The summed E-state index contributed by atoms with van der Waals surface area (Å²) in [5.41, 5.74) is 0. The number of phosphoric ester groups is 1. The largest absolute Gasteiger partial charge is 0.472 e. The highest BCUT2D eigenvalue weighted by Gasteiger charge is 2.26. The summed E-state index contributed by atoms with van der Waals surface area (Å²) in [4.78, 5) is 34.9. The molecule has 0 saturated heterocycles. The Hall–Kier alpha value is -2.03. The van der Waals surface area contributed by atoms with E-state index in [1.165, 1.54) is 70.6 Å². The van der Waals surface area contributed by atoms with Gasteiger partial charge in [-0.1, -0.05) is 140 Å². The van der Waals surface area contributed by atoms with Gasteiger partial charge in [0, 0.05) is 19.4 Å². The van der Waals surface area contributed by atoms with Crippen molar-refractivity contribution in [1.29, 1.82) is 0 Å². The zero-order chi connectivity index (χ0) is 36.8. The summed E-state index contributed by atoms with van der Waals surface area (Å²) in [6.07, 6.45) is 38.8. The fourth-order valence-corrected chi connectivity index (χ4v) is 5.71. The quantitative estimate of drug-likeness (QED) is 0.0281. The highest BCUT2D eigenvalue weighted by molar-refractivity contribution is 7.47. The number of hydrogen-bond donors (Lipinski definition) is 2. The molecule has 10 heteroatoms. The summed E-state index contributed by atoms with van der Waals surface area (Å²) in [7, 11) is -2.66. The molecule has 0 heterocycles. The first-order chi connectivity index (χ1) is 24.3. The lowest BCUT2D eigenvalue weighted by Gasteiger charge is -2.20. The van der Waals surface area contributed by atoms with E-state index in [0.717, 1.165) is 44.9 Å². The monoisotopic (exact) mass is 725 g/mol. The molecule has 0 saturated carbocycles. The van der Waals surface area contributed by atoms with Crippen molar-refractivity contribution in [2.45, 2.75) is 161 Å². The molecular weight excluding hydrogens is 653 g/mol. The van der Waals surface area contributed by atoms with Crippen LogP contribution in [0.1, 0.15) is 155 Å². The molecule has 0 aromatic carbocycles. The third-order valence-corrected chi connectivity index (χ3v) is 8.94. The number of nitrogens with one attached hydrogen (secondary N) is 1. The molecule has 0 fully saturated rings. The first-order valence-corrected chi connectivity index (χ1v) is 21.1. The molecule has 0 spiro atoms. The topological polar surface area (TPSA) is 120 Å². The Balaban J connectivity index is 4.37. The van der Waals surface area contributed by atoms with Crippen molar-refractivity contribution in [1.82, 2.24) is 5.32 Å². The van der Waals surface area contributed by atoms with Crippen molar-refractivity contribution in [2.24, 2.45) is 0 Å². The standard InChI is InChI=1S/C40H72NO8P/c1-4-6-8-10-12-14-16-17-18-19-20-21-23-24-26-28-30-32-39(42)46-36-38(37-48-50(44,45)47-35-34-41-3)49-40(43)33-31-29-27-25-22-15-13-11-9-7-5-2/h12,14,17-18,20-21,24,26,38,41H,4-11,13,15-16,19,22-23,25,27-37H2,1-3H3,(H,44,45)/b14-12-,18-17-,21-20-,26-24-. The lowest BCUT2D eigenvalue weighted by Crippen LogP contribution is -2.29. The van der Waals surface area contributed by atoms with Crippen LogP contribution < -0.4 is 5.32 Å². The maximum atomic E-state index is 12.5. The van der Waals surface area contributed by atoms with E-state index in [9.17, 15) is 19.0 Å². The predicted octanol–water partition coefficient (Wildman–Crippen LogP) is 10.6. The average Bonchev–Trinajstić information content (AvgIpc) is 3.09. The lowest BCUT2D eigenvalue weighted by atomic mass is 10.1. The zero-order valence-corrected chi connectivity index (χ0v) is 32.7. The van der Waals surface area contributed by atoms with Crippen LogP contribution in [0.2, 0.25) is 0 Å². The minimum atomic E-state index is -4.35. The fraction of sp³-hybridized carbons (Fsp3) is 0.750. The molecule has 0 amide bonds. The molecule has 0 aliphatic heterocycles. The third-order valence-electron chi connectivity index (χ3n) is 7.95. The summed E-state index contributed by atoms with van der Waals surface area (Å²) in [5.74, 6) is -0.875. The number of carbonyl (C=O) groups excluding carboxylic acids is 2. The Labute approximate surface area is 305 Å². The van der Waals surface area contributed by atoms with Crippen molar-refractivity contribution < 1.29 is 37.6 Å². The van der Waals surface area contributed by atoms with Gasteiger partial charge in [0.2, 0.25) is 0 Å². The molecule has 50 heavy (non-hydrogen) atoms. The second-order valence-corrected chi connectivity index (χ2v) is 14.2. The number of unbranched alkanes of at least 4 members (excludes halogenated alkanes) is 14. The number of rotatable bonds is 36. The molecule has 9 nitrogen and oxygen atoms in total. The smallest absolute Gasteiger partial charge is 0.462 e. The normalized spacial score (nSPS) is 13.9. The molecule has 0 aromatic rings. The minimum absolute atomic E-state index is 0.0258. The number of hydrogen-bond acceptors (Lipinski definition) is 8. The minimum Gasteiger partial charge on any atom is -0.462 e. The van der Waals surface area contributed by atoms with E-state index in [1.54, 1.807) is 7.05 Å². The Morgan fingerprint density at radius 2 is 1.10 bits per heavy atom. The van der Waals surface area contributed by atoms with Gasteiger partial charge in [0.1, 0.15) is 6.61 Å². The first kappa shape index (κ1) is 48.0. The van der Waals surface area contributed by atoms with Crippen LogP contribution in [-0.4, -0.2) is 56.3 Å². The second-order valence-electron chi connectivity index (χ2n) is 12.8. The predicted molar refractivity (Wildman–Crippen MR) is 206 cm³/mol. The summed E-state index contributed by atoms with van der Waals surface area (Å²) in [6, 6.07) is 0. The molecule has 0 bridgehead atoms. The van der Waals surface area contributed by atoms with Gasteiger partial charge in [-0.25, -0.2) is 4.57 Å². The van der Waals surface area contributed by atoms with Crippen LogP contribution >= 0.6 is 7.82 Å². The van der Waals surface area contributed by atoms with Gasteiger partial charge in [-0.15, -0.1) is 0 Å². The molecule has 0 rings (SSSR count). The number of carbonyl (C=O) groups is 2. The van der Waals surface area contributed by atoms with Crippen molar-refractivity contribution in [3.8, 4) is 0 Å². The average molecular weight is 726 g/mol. The number of phosphoric acid groups is 1. The van der Waals surface area contributed by atoms with E-state index >= 15 is 0 Å². The molecule has 0 aliphatic carbocycles. The highest BCUT2D eigenvalue weighted by Crippen LogP contribution is 2.43. The van der Waals surface area contributed by atoms with Gasteiger partial charge in [0.15, 0.2) is 6.10 Å². The van der Waals surface area contributed by atoms with Crippen molar-refractivity contribution >= 4 is 19.8 Å². The van der Waals surface area contributed by atoms with Crippen LogP contribution in [0.4, 0.5) is 0 Å². The SMILES string of the molecule is CCCCC/C=C\C/C=C\C/C=C\C/C=C\CCCC(=O)OCC(COP(=O)(O)OCCNC)OC(=O)CCCCCCCCCCCCC. The number of likely N-dealkylation sites (N-methyl/N-ethyl adjacent to an activating group) is 1. The van der Waals surface area contributed by atoms with Crippen molar-refractivity contribution in [3.63, 3.8) is 0 Å². The first-order valence-electron chi connectivity index (χ1n) is 19.6. The number of esters is 2. The molecule has 2 N–H and O–H groups in total. The molecule has 290 valence electrons. The van der Waals surface area contributed by atoms with E-state index in [4.69, 9.17) is 18.5 Å². The van der Waals surface area contributed by atoms with E-state index in [0.29, 0.717) is 19.4 Å². The summed E-state index contributed by atoms with van der Waals surface area (Å²) in [5, 5.41) is 2.81. The molecule has 2 unspecified atom stereocenters. The van der Waals surface area contributed by atoms with Gasteiger partial charge in [0.25, 0.3) is 0 Å². The highest BCUT2D eigenvalue weighted by atomic mass is 31.2. The van der Waals surface area contributed by atoms with E-state index in [2.05, 4.69) is 67.8 Å². The Morgan fingerprint density at radius 3 is 1.66 bits per heavy atom. The molecular formula is C40H72NO8P. The molecule has 0 aromatic heterocycles. The van der Waals surface area contributed by atoms with Crippen LogP contribution in [0.3, 0.4) is 0 Å². The van der Waals surface area contributed by atoms with Gasteiger partial charge in [-0.05, 0) is 58.4 Å². The van der Waals surface area contributed by atoms with E-state index in [1.807, 2.05) is 0 Å². The van der Waals surface area contributed by atoms with Gasteiger partial charge < -0.3 is 19.7 Å². The fourth-order valence-electron chi connectivity index (χ4n) is 4.96. The van der Waals surface area contributed by atoms with E-state index in [-0.39, 0.29) is 26.1 Å². The Morgan fingerprint density at radius 1 is 0.620 bits per heavy atom. The Bertz CT molecular complexity index is 965. The lowest BCUT2D eigenvalue weighted by molar-refractivity contribution is -0.161. The van der Waals surface area contributed by atoms with Gasteiger partial charge >= 0.3 is 19.8 Å². The van der Waals surface area contributed by atoms with E-state index < -0.39 is 32.5 Å². The number of ether oxygens (including phenoxy) is 2. The maximum Gasteiger partial charge on any atom is 0.472 e. The summed E-state index contributed by atoms with van der Waals surface area (Å²) >= 11 is 0. The molecule has 0 radical (unpaired) electrons. The van der Waals surface area contributed by atoms with Crippen molar-refractivity contribution in [2.75, 3.05) is 33.4 Å². The Kier molecular flexibility index (Phi) is 35.3. The third kappa shape index (κ3) is 35.8. The number of allylic oxidation sites excluding steroid dienone is 8. The van der Waals surface area contributed by atoms with Crippen LogP contribution in [0, 0.1) is 0 Å². The van der Waals surface area contributed by atoms with Crippen LogP contribution in [0.5, 0.6) is 0 Å². The van der Waals surface area contributed by atoms with Crippen LogP contribution in [0.15, 0.2) is 48.6 Å². The summed E-state index contributed by atoms with van der Waals surface area (Å²) < 4.78 is 33.0. The van der Waals surface area contributed by atoms with Gasteiger partial charge in [0.05, 0.1) is 13.2 Å². The van der Waals surface area contributed by atoms with Gasteiger partial charge in [-0.2, -0.15) is 0 Å². The zero-order valence-electron chi connectivity index (χ0n) is 31.8. The van der Waals surface area contributed by atoms with Crippen LogP contribution in [-0.2, 0) is 32.7 Å². The molecule has 2 atom stereocenters. The molecule has 0 aliphatic rings. The van der Waals surface area contributed by atoms with Crippen molar-refractivity contribution in [3.05, 3.63) is 48.6 Å².